The summed E-state index contributed by atoms with van der Waals surface area (Å²) >= 11 is 0. The van der Waals surface area contributed by atoms with Crippen molar-refractivity contribution in [1.29, 1.82) is 0 Å². The first-order valence-electron chi connectivity index (χ1n) is 11.6. The predicted molar refractivity (Wildman–Crippen MR) is 125 cm³/mol. The molecule has 0 spiro atoms. The van der Waals surface area contributed by atoms with E-state index < -0.39 is 0 Å². The van der Waals surface area contributed by atoms with Crippen LogP contribution in [-0.2, 0) is 19.4 Å². The average molecular weight is 428 g/mol. The Bertz CT molecular complexity index is 1170. The van der Waals surface area contributed by atoms with Gasteiger partial charge in [0.05, 0.1) is 12.2 Å². The summed E-state index contributed by atoms with van der Waals surface area (Å²) in [5, 5.41) is 0. The van der Waals surface area contributed by atoms with Gasteiger partial charge in [0, 0.05) is 36.2 Å². The third kappa shape index (κ3) is 3.99. The molecule has 2 aliphatic rings. The zero-order valence-electron chi connectivity index (χ0n) is 18.5. The number of likely N-dealkylation sites (tertiary alicyclic amines) is 1. The summed E-state index contributed by atoms with van der Waals surface area (Å²) in [6, 6.07) is 18.0. The van der Waals surface area contributed by atoms with Crippen molar-refractivity contribution < 1.29 is 4.79 Å². The first-order valence-corrected chi connectivity index (χ1v) is 11.6. The number of nitrogens with zero attached hydrogens (tertiary/aromatic N) is 3. The smallest absolute Gasteiger partial charge is 0.259 e. The van der Waals surface area contributed by atoms with E-state index in [0.29, 0.717) is 30.5 Å². The Morgan fingerprint density at radius 2 is 1.88 bits per heavy atom. The highest BCUT2D eigenvalue weighted by Gasteiger charge is 2.41. The predicted octanol–water partition coefficient (Wildman–Crippen LogP) is 4.01. The Morgan fingerprint density at radius 3 is 2.56 bits per heavy atom. The second kappa shape index (κ2) is 8.73. The van der Waals surface area contributed by atoms with Gasteiger partial charge in [0.1, 0.15) is 5.56 Å². The molecule has 2 fully saturated rings. The Labute approximate surface area is 188 Å². The number of hydrogen-bond acceptors (Lipinski definition) is 3. The Kier molecular flexibility index (Phi) is 5.64. The number of aryl methyl sites for hydroxylation is 2. The van der Waals surface area contributed by atoms with Crippen molar-refractivity contribution >= 4 is 5.91 Å². The highest BCUT2D eigenvalue weighted by Crippen LogP contribution is 2.38. The zero-order valence-corrected chi connectivity index (χ0v) is 18.5. The summed E-state index contributed by atoms with van der Waals surface area (Å²) in [7, 11) is 0. The number of aromatic nitrogens is 2. The minimum absolute atomic E-state index is 0.0833. The number of fused-ring (bicyclic) bond motifs is 2. The second-order valence-corrected chi connectivity index (χ2v) is 9.15. The van der Waals surface area contributed by atoms with E-state index in [1.165, 1.54) is 12.0 Å². The van der Waals surface area contributed by atoms with Crippen molar-refractivity contribution in [3.8, 4) is 0 Å². The normalized spacial score (nSPS) is 19.5. The van der Waals surface area contributed by atoms with E-state index in [9.17, 15) is 9.59 Å². The van der Waals surface area contributed by atoms with E-state index in [1.54, 1.807) is 12.3 Å². The van der Waals surface area contributed by atoms with Crippen molar-refractivity contribution in [3.05, 3.63) is 99.2 Å². The van der Waals surface area contributed by atoms with Crippen LogP contribution in [0.3, 0.4) is 0 Å². The molecule has 1 aromatic carbocycles. The molecule has 3 aromatic rings. The van der Waals surface area contributed by atoms with Crippen LogP contribution in [0.2, 0.25) is 0 Å². The quantitative estimate of drug-likeness (QED) is 0.597. The van der Waals surface area contributed by atoms with E-state index in [2.05, 4.69) is 21.7 Å². The molecule has 5 rings (SSSR count). The molecule has 5 nitrogen and oxygen atoms in total. The maximum absolute atomic E-state index is 13.7. The summed E-state index contributed by atoms with van der Waals surface area (Å²) in [5.74, 6) is 0.512. The average Bonchev–Trinajstić information content (AvgIpc) is 3.45. The van der Waals surface area contributed by atoms with Crippen LogP contribution in [-0.4, -0.2) is 32.9 Å². The van der Waals surface area contributed by atoms with Gasteiger partial charge in [-0.3, -0.25) is 14.6 Å². The highest BCUT2D eigenvalue weighted by atomic mass is 16.2. The van der Waals surface area contributed by atoms with Gasteiger partial charge in [0.15, 0.2) is 5.43 Å². The van der Waals surface area contributed by atoms with Gasteiger partial charge in [-0.2, -0.15) is 0 Å². The van der Waals surface area contributed by atoms with Gasteiger partial charge in [-0.25, -0.2) is 0 Å². The Hall–Kier alpha value is -3.21. The lowest BCUT2D eigenvalue weighted by Crippen LogP contribution is -2.41. The standard InChI is InChI=1S/C27H29N3O2/c1-19-15-25(31)26(27(32)30-17-21-10-12-23(30)16-21)24(13-11-20-7-3-2-4-8-20)29(19)18-22-9-5-6-14-28-22/h2-9,14-15,21,23H,10-13,16-18H2,1H3/t21-,23+/m1/s1. The molecule has 5 heteroatoms. The summed E-state index contributed by atoms with van der Waals surface area (Å²) < 4.78 is 2.12. The Morgan fingerprint density at radius 1 is 1.06 bits per heavy atom. The van der Waals surface area contributed by atoms with Gasteiger partial charge < -0.3 is 9.47 Å². The molecule has 0 N–H and O–H groups in total. The molecule has 3 heterocycles. The van der Waals surface area contributed by atoms with Crippen LogP contribution in [0.15, 0.2) is 65.6 Å². The van der Waals surface area contributed by atoms with Crippen LogP contribution in [0.1, 0.15) is 52.3 Å². The number of hydrogen-bond donors (Lipinski definition) is 0. The maximum atomic E-state index is 13.7. The number of carbonyl (C=O) groups is 1. The number of rotatable bonds is 6. The van der Waals surface area contributed by atoms with E-state index in [4.69, 9.17) is 0 Å². The molecule has 1 amide bonds. The lowest BCUT2D eigenvalue weighted by atomic mass is 10.0. The number of benzene rings is 1. The van der Waals surface area contributed by atoms with E-state index >= 15 is 0 Å². The van der Waals surface area contributed by atoms with Gasteiger partial charge in [-0.15, -0.1) is 0 Å². The monoisotopic (exact) mass is 427 g/mol. The third-order valence-corrected chi connectivity index (χ3v) is 7.05. The topological polar surface area (TPSA) is 55.2 Å². The summed E-state index contributed by atoms with van der Waals surface area (Å²) in [4.78, 5) is 33.4. The molecule has 1 saturated heterocycles. The van der Waals surface area contributed by atoms with E-state index in [0.717, 1.165) is 42.9 Å². The fraction of sp³-hybridized carbons (Fsp3) is 0.370. The number of amides is 1. The minimum atomic E-state index is -0.157. The van der Waals surface area contributed by atoms with Gasteiger partial charge in [0.25, 0.3) is 5.91 Å². The first kappa shape index (κ1) is 20.7. The van der Waals surface area contributed by atoms with Crippen LogP contribution in [0.25, 0.3) is 0 Å². The molecule has 0 radical (unpaired) electrons. The molecular weight excluding hydrogens is 398 g/mol. The molecule has 1 aliphatic carbocycles. The largest absolute Gasteiger partial charge is 0.342 e. The van der Waals surface area contributed by atoms with Gasteiger partial charge in [-0.1, -0.05) is 36.4 Å². The van der Waals surface area contributed by atoms with Gasteiger partial charge >= 0.3 is 0 Å². The fourth-order valence-corrected chi connectivity index (χ4v) is 5.42. The highest BCUT2D eigenvalue weighted by molar-refractivity contribution is 5.95. The summed E-state index contributed by atoms with van der Waals surface area (Å²) in [6.07, 6.45) is 6.54. The molecule has 2 bridgehead atoms. The SMILES string of the molecule is Cc1cc(=O)c(C(=O)N2C[C@@H]3CC[C@H]2C3)c(CCc2ccccc2)n1Cc1ccccn1. The minimum Gasteiger partial charge on any atom is -0.342 e. The van der Waals surface area contributed by atoms with Crippen molar-refractivity contribution in [1.82, 2.24) is 14.5 Å². The van der Waals surface area contributed by atoms with Gasteiger partial charge in [-0.05, 0) is 62.6 Å². The molecule has 1 saturated carbocycles. The molecule has 2 atom stereocenters. The fourth-order valence-electron chi connectivity index (χ4n) is 5.42. The molecule has 32 heavy (non-hydrogen) atoms. The zero-order chi connectivity index (χ0) is 22.1. The maximum Gasteiger partial charge on any atom is 0.259 e. The van der Waals surface area contributed by atoms with Crippen LogP contribution < -0.4 is 5.43 Å². The van der Waals surface area contributed by atoms with Crippen molar-refractivity contribution in [2.75, 3.05) is 6.54 Å². The molecule has 164 valence electrons. The molecule has 1 aliphatic heterocycles. The summed E-state index contributed by atoms with van der Waals surface area (Å²) in [5.41, 5.74) is 4.01. The number of pyridine rings is 2. The molecular formula is C27H29N3O2. The van der Waals surface area contributed by atoms with Crippen molar-refractivity contribution in [2.24, 2.45) is 5.92 Å². The Balaban J connectivity index is 1.56. The van der Waals surface area contributed by atoms with E-state index in [1.807, 2.05) is 48.2 Å². The van der Waals surface area contributed by atoms with Crippen molar-refractivity contribution in [3.63, 3.8) is 0 Å². The lowest BCUT2D eigenvalue weighted by Gasteiger charge is -2.29. The molecule has 0 unspecified atom stereocenters. The second-order valence-electron chi connectivity index (χ2n) is 9.15. The summed E-state index contributed by atoms with van der Waals surface area (Å²) in [6.45, 7) is 3.28. The number of piperidine rings is 1. The molecule has 2 aromatic heterocycles. The van der Waals surface area contributed by atoms with Gasteiger partial charge in [0.2, 0.25) is 0 Å². The van der Waals surface area contributed by atoms with Crippen LogP contribution in [0.5, 0.6) is 0 Å². The first-order chi connectivity index (χ1) is 15.6. The van der Waals surface area contributed by atoms with Crippen LogP contribution in [0, 0.1) is 12.8 Å². The number of carbonyl (C=O) groups excluding carboxylic acids is 1. The van der Waals surface area contributed by atoms with E-state index in [-0.39, 0.29) is 11.3 Å². The van der Waals surface area contributed by atoms with Crippen LogP contribution in [0.4, 0.5) is 0 Å². The lowest BCUT2D eigenvalue weighted by molar-refractivity contribution is 0.0700. The van der Waals surface area contributed by atoms with Crippen LogP contribution >= 0.6 is 0 Å². The third-order valence-electron chi connectivity index (χ3n) is 7.05. The van der Waals surface area contributed by atoms with Crippen molar-refractivity contribution in [2.45, 2.75) is 51.6 Å².